The smallest absolute Gasteiger partial charge is 0.259 e. The van der Waals surface area contributed by atoms with E-state index in [1.807, 2.05) is 0 Å². The quantitative estimate of drug-likeness (QED) is 0.585. The van der Waals surface area contributed by atoms with Crippen LogP contribution in [0.25, 0.3) is 0 Å². The van der Waals surface area contributed by atoms with Crippen LogP contribution in [-0.2, 0) is 0 Å². The number of phenols is 1. The summed E-state index contributed by atoms with van der Waals surface area (Å²) in [6.45, 7) is 0. The Morgan fingerprint density at radius 1 is 1.32 bits per heavy atom. The largest absolute Gasteiger partial charge is 0.505 e. The summed E-state index contributed by atoms with van der Waals surface area (Å²) in [6, 6.07) is 7.97. The van der Waals surface area contributed by atoms with Gasteiger partial charge in [-0.1, -0.05) is 17.7 Å². The number of carbonyl (C=O) groups excluding carboxylic acids is 1. The summed E-state index contributed by atoms with van der Waals surface area (Å²) in [7, 11) is 0. The Balaban J connectivity index is 2.31. The summed E-state index contributed by atoms with van der Waals surface area (Å²) in [5.41, 5.74) is 5.68. The first-order valence-electron chi connectivity index (χ1n) is 5.33. The number of phenolic OH excluding ortho intramolecular Hbond substituents is 1. The number of anilines is 2. The molecule has 0 aromatic heterocycles. The van der Waals surface area contributed by atoms with E-state index < -0.39 is 11.7 Å². The van der Waals surface area contributed by atoms with E-state index in [2.05, 4.69) is 5.32 Å². The lowest BCUT2D eigenvalue weighted by atomic mass is 10.1. The lowest BCUT2D eigenvalue weighted by molar-refractivity contribution is 0.102. The molecular formula is C13H10ClFN2O2. The van der Waals surface area contributed by atoms with Gasteiger partial charge in [0.05, 0.1) is 22.0 Å². The topological polar surface area (TPSA) is 75.4 Å². The SMILES string of the molecule is Nc1cccc(C(=O)Nc2cc(F)ccc2Cl)c1O. The summed E-state index contributed by atoms with van der Waals surface area (Å²) in [5.74, 6) is -1.48. The Morgan fingerprint density at radius 2 is 2.05 bits per heavy atom. The zero-order valence-corrected chi connectivity index (χ0v) is 10.4. The molecule has 0 fully saturated rings. The Kier molecular flexibility index (Phi) is 3.57. The lowest BCUT2D eigenvalue weighted by Crippen LogP contribution is -2.13. The number of hydrogen-bond donors (Lipinski definition) is 3. The molecule has 0 radical (unpaired) electrons. The maximum Gasteiger partial charge on any atom is 0.259 e. The standard InChI is InChI=1S/C13H10ClFN2O2/c14-9-5-4-7(15)6-11(9)17-13(19)8-2-1-3-10(16)12(8)18/h1-6,18H,16H2,(H,17,19). The third kappa shape index (κ3) is 2.77. The highest BCUT2D eigenvalue weighted by atomic mass is 35.5. The van der Waals surface area contributed by atoms with Gasteiger partial charge in [-0.15, -0.1) is 0 Å². The fourth-order valence-corrected chi connectivity index (χ4v) is 1.69. The van der Waals surface area contributed by atoms with Gasteiger partial charge in [0.1, 0.15) is 5.82 Å². The summed E-state index contributed by atoms with van der Waals surface area (Å²) in [5, 5.41) is 12.3. The molecule has 2 aromatic rings. The Morgan fingerprint density at radius 3 is 2.79 bits per heavy atom. The number of nitrogens with two attached hydrogens (primary N) is 1. The molecule has 0 saturated heterocycles. The molecule has 0 heterocycles. The van der Waals surface area contributed by atoms with E-state index in [4.69, 9.17) is 17.3 Å². The molecule has 0 aliphatic carbocycles. The van der Waals surface area contributed by atoms with Crippen molar-refractivity contribution < 1.29 is 14.3 Å². The van der Waals surface area contributed by atoms with Crippen molar-refractivity contribution in [1.82, 2.24) is 0 Å². The third-order valence-electron chi connectivity index (χ3n) is 2.49. The average Bonchev–Trinajstić information content (AvgIpc) is 2.37. The minimum absolute atomic E-state index is 0.0136. The van der Waals surface area contributed by atoms with E-state index in [1.54, 1.807) is 0 Å². The van der Waals surface area contributed by atoms with Crippen molar-refractivity contribution in [2.45, 2.75) is 0 Å². The van der Waals surface area contributed by atoms with Gasteiger partial charge in [0, 0.05) is 0 Å². The van der Waals surface area contributed by atoms with Crippen molar-refractivity contribution in [3.05, 3.63) is 52.8 Å². The van der Waals surface area contributed by atoms with Gasteiger partial charge in [0.15, 0.2) is 5.75 Å². The molecule has 0 aliphatic heterocycles. The van der Waals surface area contributed by atoms with E-state index in [0.29, 0.717) is 0 Å². The molecule has 0 aliphatic rings. The molecule has 0 spiro atoms. The highest BCUT2D eigenvalue weighted by molar-refractivity contribution is 6.34. The number of para-hydroxylation sites is 1. The van der Waals surface area contributed by atoms with Gasteiger partial charge in [-0.3, -0.25) is 4.79 Å². The Hall–Kier alpha value is -2.27. The molecule has 98 valence electrons. The maximum absolute atomic E-state index is 13.1. The molecule has 6 heteroatoms. The predicted molar refractivity (Wildman–Crippen MR) is 71.9 cm³/mol. The van der Waals surface area contributed by atoms with E-state index in [1.165, 1.54) is 30.3 Å². The number of nitrogen functional groups attached to an aromatic ring is 1. The second kappa shape index (κ2) is 5.16. The van der Waals surface area contributed by atoms with Crippen LogP contribution in [0.15, 0.2) is 36.4 Å². The van der Waals surface area contributed by atoms with Crippen molar-refractivity contribution in [1.29, 1.82) is 0 Å². The van der Waals surface area contributed by atoms with Crippen molar-refractivity contribution in [3.63, 3.8) is 0 Å². The van der Waals surface area contributed by atoms with Gasteiger partial charge in [-0.2, -0.15) is 0 Å². The summed E-state index contributed by atoms with van der Waals surface area (Å²) in [6.07, 6.45) is 0. The molecule has 0 unspecified atom stereocenters. The molecule has 2 rings (SSSR count). The molecule has 0 bridgehead atoms. The van der Waals surface area contributed by atoms with Crippen LogP contribution in [0, 0.1) is 5.82 Å². The van der Waals surface area contributed by atoms with Gasteiger partial charge in [0.25, 0.3) is 5.91 Å². The first kappa shape index (κ1) is 13.2. The van der Waals surface area contributed by atoms with Crippen LogP contribution in [0.3, 0.4) is 0 Å². The number of aromatic hydroxyl groups is 1. The zero-order chi connectivity index (χ0) is 14.0. The van der Waals surface area contributed by atoms with Crippen LogP contribution >= 0.6 is 11.6 Å². The van der Waals surface area contributed by atoms with Crippen LogP contribution in [-0.4, -0.2) is 11.0 Å². The van der Waals surface area contributed by atoms with Gasteiger partial charge in [0.2, 0.25) is 0 Å². The monoisotopic (exact) mass is 280 g/mol. The van der Waals surface area contributed by atoms with Crippen LogP contribution in [0.4, 0.5) is 15.8 Å². The number of nitrogens with one attached hydrogen (secondary N) is 1. The van der Waals surface area contributed by atoms with Gasteiger partial charge in [-0.05, 0) is 30.3 Å². The third-order valence-corrected chi connectivity index (χ3v) is 2.82. The van der Waals surface area contributed by atoms with Gasteiger partial charge >= 0.3 is 0 Å². The highest BCUT2D eigenvalue weighted by Crippen LogP contribution is 2.27. The summed E-state index contributed by atoms with van der Waals surface area (Å²) < 4.78 is 13.1. The van der Waals surface area contributed by atoms with E-state index in [0.717, 1.165) is 6.07 Å². The molecule has 4 N–H and O–H groups in total. The van der Waals surface area contributed by atoms with Crippen LogP contribution in [0.2, 0.25) is 5.02 Å². The second-order valence-corrected chi connectivity index (χ2v) is 4.23. The summed E-state index contributed by atoms with van der Waals surface area (Å²) in [4.78, 5) is 11.9. The van der Waals surface area contributed by atoms with Crippen molar-refractivity contribution in [2.75, 3.05) is 11.1 Å². The number of hydrogen-bond acceptors (Lipinski definition) is 3. The van der Waals surface area contributed by atoms with Gasteiger partial charge < -0.3 is 16.2 Å². The van der Waals surface area contributed by atoms with Crippen molar-refractivity contribution >= 4 is 28.9 Å². The minimum atomic E-state index is -0.628. The van der Waals surface area contributed by atoms with E-state index in [9.17, 15) is 14.3 Å². The van der Waals surface area contributed by atoms with Crippen LogP contribution in [0.5, 0.6) is 5.75 Å². The first-order chi connectivity index (χ1) is 8.99. The maximum atomic E-state index is 13.1. The number of carbonyl (C=O) groups is 1. The molecule has 1 amide bonds. The zero-order valence-electron chi connectivity index (χ0n) is 9.65. The second-order valence-electron chi connectivity index (χ2n) is 3.82. The number of benzene rings is 2. The average molecular weight is 281 g/mol. The molecular weight excluding hydrogens is 271 g/mol. The van der Waals surface area contributed by atoms with E-state index >= 15 is 0 Å². The minimum Gasteiger partial charge on any atom is -0.505 e. The van der Waals surface area contributed by atoms with Crippen LogP contribution in [0.1, 0.15) is 10.4 Å². The molecule has 19 heavy (non-hydrogen) atoms. The number of rotatable bonds is 2. The highest BCUT2D eigenvalue weighted by Gasteiger charge is 2.14. The predicted octanol–water partition coefficient (Wildman–Crippen LogP) is 3.02. The van der Waals surface area contributed by atoms with Crippen LogP contribution < -0.4 is 11.1 Å². The molecule has 0 saturated carbocycles. The van der Waals surface area contributed by atoms with Gasteiger partial charge in [-0.25, -0.2) is 4.39 Å². The Labute approximate surface area is 113 Å². The van der Waals surface area contributed by atoms with Crippen molar-refractivity contribution in [2.24, 2.45) is 0 Å². The first-order valence-corrected chi connectivity index (χ1v) is 5.70. The summed E-state index contributed by atoms with van der Waals surface area (Å²) >= 11 is 5.83. The molecule has 0 atom stereocenters. The normalized spacial score (nSPS) is 10.2. The molecule has 2 aromatic carbocycles. The number of halogens is 2. The fourth-order valence-electron chi connectivity index (χ4n) is 1.53. The lowest BCUT2D eigenvalue weighted by Gasteiger charge is -2.09. The number of amides is 1. The fraction of sp³-hybridized carbons (Fsp3) is 0. The molecule has 4 nitrogen and oxygen atoms in total. The van der Waals surface area contributed by atoms with Crippen molar-refractivity contribution in [3.8, 4) is 5.75 Å². The Bertz CT molecular complexity index is 647. The van der Waals surface area contributed by atoms with E-state index in [-0.39, 0.29) is 27.7 Å².